The molecule has 2 aliphatic heterocycles. The molecule has 1 N–H and O–H groups in total. The number of piperazine rings is 1. The fourth-order valence-electron chi connectivity index (χ4n) is 4.59. The molecule has 6 rings (SSSR count). The molecule has 36 heavy (non-hydrogen) atoms. The van der Waals surface area contributed by atoms with E-state index in [0.717, 1.165) is 72.4 Å². The fraction of sp³-hybridized carbons (Fsp3) is 0.308. The minimum Gasteiger partial charge on any atom is -0.369 e. The van der Waals surface area contributed by atoms with Gasteiger partial charge in [-0.1, -0.05) is 6.92 Å². The highest BCUT2D eigenvalue weighted by atomic mass is 32.2. The lowest BCUT2D eigenvalue weighted by Crippen LogP contribution is -2.44. The van der Waals surface area contributed by atoms with Gasteiger partial charge in [0, 0.05) is 55.9 Å². The predicted molar refractivity (Wildman–Crippen MR) is 145 cm³/mol. The third-order valence-corrected chi connectivity index (χ3v) is 7.67. The van der Waals surface area contributed by atoms with E-state index in [2.05, 4.69) is 90.9 Å². The highest BCUT2D eigenvalue weighted by molar-refractivity contribution is 8.00. The first-order valence-corrected chi connectivity index (χ1v) is 13.1. The first kappa shape index (κ1) is 22.8. The maximum Gasteiger partial charge on any atom is 0.227 e. The average molecular weight is 500 g/mol. The van der Waals surface area contributed by atoms with E-state index in [-0.39, 0.29) is 0 Å². The molecule has 1 saturated heterocycles. The maximum absolute atomic E-state index is 4.94. The Morgan fingerprint density at radius 2 is 1.81 bits per heavy atom. The van der Waals surface area contributed by atoms with Crippen molar-refractivity contribution in [1.82, 2.24) is 29.6 Å². The fourth-order valence-corrected chi connectivity index (χ4v) is 5.69. The Morgan fingerprint density at radius 3 is 2.56 bits per heavy atom. The topological polar surface area (TPSA) is 78.2 Å². The molecule has 0 unspecified atom stereocenters. The molecule has 1 fully saturated rings. The largest absolute Gasteiger partial charge is 0.369 e. The van der Waals surface area contributed by atoms with Crippen LogP contribution in [0.2, 0.25) is 0 Å². The van der Waals surface area contributed by atoms with Crippen molar-refractivity contribution in [3.05, 3.63) is 61.3 Å². The Hall–Kier alpha value is -3.63. The van der Waals surface area contributed by atoms with Crippen molar-refractivity contribution in [3.8, 4) is 16.9 Å². The van der Waals surface area contributed by atoms with Crippen LogP contribution >= 0.6 is 11.9 Å². The summed E-state index contributed by atoms with van der Waals surface area (Å²) < 4.78 is 4.09. The van der Waals surface area contributed by atoms with Crippen LogP contribution in [-0.2, 0) is 0 Å². The van der Waals surface area contributed by atoms with Gasteiger partial charge in [-0.3, -0.25) is 0 Å². The normalized spacial score (nSPS) is 15.5. The summed E-state index contributed by atoms with van der Waals surface area (Å²) in [5.74, 6) is 0.594. The number of hydrogen-bond acceptors (Lipinski definition) is 9. The van der Waals surface area contributed by atoms with Crippen LogP contribution in [0, 0.1) is 0 Å². The van der Waals surface area contributed by atoms with Gasteiger partial charge in [0.15, 0.2) is 0 Å². The molecule has 0 saturated carbocycles. The quantitative estimate of drug-likeness (QED) is 0.387. The summed E-state index contributed by atoms with van der Waals surface area (Å²) in [6.45, 7) is 7.42. The zero-order valence-corrected chi connectivity index (χ0v) is 21.3. The summed E-state index contributed by atoms with van der Waals surface area (Å²) in [5.41, 5.74) is 6.37. The lowest BCUT2D eigenvalue weighted by atomic mass is 10.1. The molecule has 0 bridgehead atoms. The van der Waals surface area contributed by atoms with Crippen LogP contribution in [0.5, 0.6) is 0 Å². The monoisotopic (exact) mass is 499 g/mol. The third kappa shape index (κ3) is 4.49. The van der Waals surface area contributed by atoms with Gasteiger partial charge in [-0.15, -0.1) is 0 Å². The van der Waals surface area contributed by atoms with Crippen molar-refractivity contribution >= 4 is 35.0 Å². The van der Waals surface area contributed by atoms with Crippen LogP contribution in [0.3, 0.4) is 0 Å². The third-order valence-electron chi connectivity index (χ3n) is 6.57. The van der Waals surface area contributed by atoms with Crippen LogP contribution in [0.15, 0.2) is 66.2 Å². The second-order valence-corrected chi connectivity index (χ2v) is 10.2. The smallest absolute Gasteiger partial charge is 0.227 e. The number of benzene rings is 2. The molecule has 2 aromatic carbocycles. The van der Waals surface area contributed by atoms with E-state index in [1.54, 1.807) is 29.3 Å². The van der Waals surface area contributed by atoms with Crippen LogP contribution in [0.1, 0.15) is 13.3 Å². The van der Waals surface area contributed by atoms with Crippen molar-refractivity contribution in [2.24, 2.45) is 0 Å². The van der Waals surface area contributed by atoms with Crippen LogP contribution in [0.25, 0.3) is 16.9 Å². The number of fused-ring (bicyclic) bond motifs is 3. The molecular weight excluding hydrogens is 470 g/mol. The highest BCUT2D eigenvalue weighted by Crippen LogP contribution is 2.46. The van der Waals surface area contributed by atoms with Gasteiger partial charge in [0.25, 0.3) is 0 Å². The highest BCUT2D eigenvalue weighted by Gasteiger charge is 2.25. The van der Waals surface area contributed by atoms with Crippen LogP contribution < -0.4 is 14.5 Å². The predicted octanol–water partition coefficient (Wildman–Crippen LogP) is 4.46. The van der Waals surface area contributed by atoms with Gasteiger partial charge in [-0.25, -0.2) is 19.6 Å². The molecule has 2 aromatic heterocycles. The molecular formula is C26H29N9S. The molecule has 10 heteroatoms. The number of nitrogens with one attached hydrogen (secondary N) is 1. The summed E-state index contributed by atoms with van der Waals surface area (Å²) in [6, 6.07) is 14.9. The first-order valence-electron chi connectivity index (χ1n) is 12.3. The SMILES string of the molecule is CCCN1Sc2cnc(Nc3ccc(N4CCN(C)CC4)cc3)nc2-c2ccc(-n3cncn3)cc21. The van der Waals surface area contributed by atoms with E-state index in [4.69, 9.17) is 4.98 Å². The van der Waals surface area contributed by atoms with E-state index in [9.17, 15) is 0 Å². The lowest BCUT2D eigenvalue weighted by molar-refractivity contribution is 0.313. The van der Waals surface area contributed by atoms with Gasteiger partial charge in [0.2, 0.25) is 5.95 Å². The summed E-state index contributed by atoms with van der Waals surface area (Å²) in [6.07, 6.45) is 6.23. The number of aromatic nitrogens is 5. The van der Waals surface area contributed by atoms with E-state index in [0.29, 0.717) is 5.95 Å². The first-order chi connectivity index (χ1) is 17.7. The van der Waals surface area contributed by atoms with Gasteiger partial charge in [-0.05, 0) is 67.9 Å². The van der Waals surface area contributed by atoms with Crippen molar-refractivity contribution in [2.45, 2.75) is 18.2 Å². The Kier molecular flexibility index (Phi) is 6.20. The van der Waals surface area contributed by atoms with Gasteiger partial charge < -0.3 is 19.4 Å². The molecule has 0 atom stereocenters. The van der Waals surface area contributed by atoms with Gasteiger partial charge in [0.05, 0.1) is 22.0 Å². The maximum atomic E-state index is 4.94. The van der Waals surface area contributed by atoms with Crippen molar-refractivity contribution < 1.29 is 0 Å². The molecule has 9 nitrogen and oxygen atoms in total. The number of nitrogens with zero attached hydrogens (tertiary/aromatic N) is 8. The summed E-state index contributed by atoms with van der Waals surface area (Å²) in [5, 5.41) is 7.69. The van der Waals surface area contributed by atoms with Gasteiger partial charge in [-0.2, -0.15) is 5.10 Å². The minimum atomic E-state index is 0.594. The van der Waals surface area contributed by atoms with Gasteiger partial charge in [0.1, 0.15) is 12.7 Å². The van der Waals surface area contributed by atoms with Gasteiger partial charge >= 0.3 is 0 Å². The number of rotatable bonds is 6. The zero-order chi connectivity index (χ0) is 24.5. The molecule has 4 heterocycles. The molecule has 4 aromatic rings. The number of anilines is 4. The second kappa shape index (κ2) is 9.79. The average Bonchev–Trinajstić information content (AvgIpc) is 3.45. The molecule has 0 amide bonds. The van der Waals surface area contributed by atoms with E-state index >= 15 is 0 Å². The Balaban J connectivity index is 1.26. The zero-order valence-electron chi connectivity index (χ0n) is 20.5. The Bertz CT molecular complexity index is 1330. The van der Waals surface area contributed by atoms with Crippen molar-refractivity contribution in [1.29, 1.82) is 0 Å². The number of hydrogen-bond donors (Lipinski definition) is 1. The Morgan fingerprint density at radius 1 is 1.00 bits per heavy atom. The van der Waals surface area contributed by atoms with Crippen molar-refractivity contribution in [2.75, 3.05) is 54.3 Å². The molecule has 0 aliphatic carbocycles. The lowest BCUT2D eigenvalue weighted by Gasteiger charge is -2.34. The van der Waals surface area contributed by atoms with E-state index in [1.807, 2.05) is 6.20 Å². The minimum absolute atomic E-state index is 0.594. The van der Waals surface area contributed by atoms with Crippen LogP contribution in [-0.4, -0.2) is 69.4 Å². The standard InChI is InChI=1S/C26H29N9S/c1-3-10-35-23-15-21(34-18-27-17-29-34)8-9-22(23)25-24(36-35)16-28-26(31-25)30-19-4-6-20(7-5-19)33-13-11-32(2)12-14-33/h4-9,15-18H,3,10-14H2,1-2H3,(H,28,30,31). The number of likely N-dealkylation sites (N-methyl/N-ethyl adjacent to an activating group) is 1. The Labute approximate surface area is 215 Å². The second-order valence-electron chi connectivity index (χ2n) is 9.10. The van der Waals surface area contributed by atoms with E-state index < -0.39 is 0 Å². The summed E-state index contributed by atoms with van der Waals surface area (Å²) in [7, 11) is 2.18. The van der Waals surface area contributed by atoms with Crippen molar-refractivity contribution in [3.63, 3.8) is 0 Å². The summed E-state index contributed by atoms with van der Waals surface area (Å²) in [4.78, 5) is 19.5. The molecule has 0 spiro atoms. The molecule has 2 aliphatic rings. The van der Waals surface area contributed by atoms with Crippen LogP contribution in [0.4, 0.5) is 23.0 Å². The summed E-state index contributed by atoms with van der Waals surface area (Å²) >= 11 is 1.69. The molecule has 0 radical (unpaired) electrons. The van der Waals surface area contributed by atoms with E-state index in [1.165, 1.54) is 5.69 Å². The molecule has 184 valence electrons.